The fraction of sp³-hybridized carbons (Fsp3) is 0.650. The minimum absolute atomic E-state index is 0.178. The van der Waals surface area contributed by atoms with Crippen LogP contribution in [0.15, 0.2) is 29.2 Å². The van der Waals surface area contributed by atoms with Crippen LogP contribution in [0.1, 0.15) is 57.8 Å². The van der Waals surface area contributed by atoms with E-state index in [1.54, 1.807) is 0 Å². The summed E-state index contributed by atoms with van der Waals surface area (Å²) in [6.07, 6.45) is 11.1. The molecule has 1 aromatic rings. The van der Waals surface area contributed by atoms with Crippen LogP contribution in [0.5, 0.6) is 0 Å². The molecule has 24 heavy (non-hydrogen) atoms. The van der Waals surface area contributed by atoms with Crippen molar-refractivity contribution in [1.82, 2.24) is 5.32 Å². The Bertz CT molecular complexity index is 556. The molecule has 3 aliphatic rings. The van der Waals surface area contributed by atoms with E-state index in [9.17, 15) is 4.79 Å². The zero-order chi connectivity index (χ0) is 16.4. The average Bonchev–Trinajstić information content (AvgIpc) is 3.19. The van der Waals surface area contributed by atoms with Crippen molar-refractivity contribution < 1.29 is 4.79 Å². The highest BCUT2D eigenvalue weighted by Crippen LogP contribution is 2.35. The highest BCUT2D eigenvalue weighted by molar-refractivity contribution is 8.00. The highest BCUT2D eigenvalue weighted by Gasteiger charge is 2.34. The SMILES string of the molecule is O=C(CC1CC2CCC(C1)N2)Nc1ccc(SC2CCCC2)cc1. The maximum Gasteiger partial charge on any atom is 0.224 e. The van der Waals surface area contributed by atoms with Crippen LogP contribution in [0.3, 0.4) is 0 Å². The lowest BCUT2D eigenvalue weighted by atomic mass is 9.89. The van der Waals surface area contributed by atoms with E-state index < -0.39 is 0 Å². The summed E-state index contributed by atoms with van der Waals surface area (Å²) >= 11 is 2.00. The molecule has 1 aliphatic carbocycles. The molecule has 2 unspecified atom stereocenters. The molecule has 0 aromatic heterocycles. The lowest BCUT2D eigenvalue weighted by Crippen LogP contribution is -2.39. The maximum atomic E-state index is 12.3. The predicted octanol–water partition coefficient (Wildman–Crippen LogP) is 4.58. The summed E-state index contributed by atoms with van der Waals surface area (Å²) < 4.78 is 0. The standard InChI is InChI=1S/C20H28N2OS/c23-20(13-14-11-16-5-6-17(12-14)21-16)22-15-7-9-19(10-8-15)24-18-3-1-2-4-18/h7-10,14,16-18,21H,1-6,11-13H2,(H,22,23). The third kappa shape index (κ3) is 4.15. The molecule has 0 spiro atoms. The Morgan fingerprint density at radius 2 is 1.71 bits per heavy atom. The van der Waals surface area contributed by atoms with Gasteiger partial charge in [-0.25, -0.2) is 0 Å². The maximum absolute atomic E-state index is 12.3. The average molecular weight is 345 g/mol. The summed E-state index contributed by atoms with van der Waals surface area (Å²) in [6.45, 7) is 0. The third-order valence-corrected chi connectivity index (χ3v) is 7.14. The summed E-state index contributed by atoms with van der Waals surface area (Å²) in [5.74, 6) is 0.735. The molecule has 3 nitrogen and oxygen atoms in total. The first-order chi connectivity index (χ1) is 11.7. The number of piperidine rings is 1. The number of rotatable bonds is 5. The minimum Gasteiger partial charge on any atom is -0.326 e. The molecule has 1 saturated carbocycles. The van der Waals surface area contributed by atoms with E-state index in [4.69, 9.17) is 0 Å². The number of nitrogens with one attached hydrogen (secondary N) is 2. The van der Waals surface area contributed by atoms with Gasteiger partial charge in [-0.15, -0.1) is 11.8 Å². The zero-order valence-electron chi connectivity index (χ0n) is 14.3. The molecule has 1 amide bonds. The summed E-state index contributed by atoms with van der Waals surface area (Å²) in [7, 11) is 0. The lowest BCUT2D eigenvalue weighted by Gasteiger charge is -2.28. The van der Waals surface area contributed by atoms with E-state index in [-0.39, 0.29) is 5.91 Å². The predicted molar refractivity (Wildman–Crippen MR) is 100 cm³/mol. The molecule has 2 N–H and O–H groups in total. The van der Waals surface area contributed by atoms with Gasteiger partial charge in [0, 0.05) is 34.3 Å². The van der Waals surface area contributed by atoms with Gasteiger partial charge in [-0.05, 0) is 68.7 Å². The third-order valence-electron chi connectivity index (χ3n) is 5.79. The Balaban J connectivity index is 1.26. The van der Waals surface area contributed by atoms with E-state index in [1.807, 2.05) is 11.8 Å². The van der Waals surface area contributed by atoms with Gasteiger partial charge in [0.25, 0.3) is 0 Å². The fourth-order valence-corrected chi connectivity index (χ4v) is 5.88. The number of hydrogen-bond donors (Lipinski definition) is 2. The molecule has 130 valence electrons. The zero-order valence-corrected chi connectivity index (χ0v) is 15.1. The number of benzene rings is 1. The van der Waals surface area contributed by atoms with Gasteiger partial charge in [-0.2, -0.15) is 0 Å². The smallest absolute Gasteiger partial charge is 0.224 e. The summed E-state index contributed by atoms with van der Waals surface area (Å²) in [6, 6.07) is 9.75. The molecule has 2 heterocycles. The number of carbonyl (C=O) groups excluding carboxylic acids is 1. The van der Waals surface area contributed by atoms with Crippen molar-refractivity contribution in [1.29, 1.82) is 0 Å². The van der Waals surface area contributed by atoms with Crippen LogP contribution < -0.4 is 10.6 Å². The molecular weight excluding hydrogens is 316 g/mol. The van der Waals surface area contributed by atoms with E-state index >= 15 is 0 Å². The van der Waals surface area contributed by atoms with Crippen LogP contribution in [0.25, 0.3) is 0 Å². The van der Waals surface area contributed by atoms with Gasteiger partial charge < -0.3 is 10.6 Å². The first kappa shape index (κ1) is 16.5. The summed E-state index contributed by atoms with van der Waals surface area (Å²) in [5, 5.41) is 7.53. The Kier molecular flexibility index (Phi) is 5.14. The number of carbonyl (C=O) groups is 1. The molecule has 3 fully saturated rings. The summed E-state index contributed by atoms with van der Waals surface area (Å²) in [5.41, 5.74) is 0.938. The Hall–Kier alpha value is -1.00. The molecule has 2 aliphatic heterocycles. The van der Waals surface area contributed by atoms with Crippen molar-refractivity contribution in [3.8, 4) is 0 Å². The number of amides is 1. The van der Waals surface area contributed by atoms with Gasteiger partial charge >= 0.3 is 0 Å². The topological polar surface area (TPSA) is 41.1 Å². The normalized spacial score (nSPS) is 29.8. The molecule has 4 heteroatoms. The van der Waals surface area contributed by atoms with Crippen LogP contribution in [0.2, 0.25) is 0 Å². The molecule has 0 radical (unpaired) electrons. The second kappa shape index (κ2) is 7.49. The van der Waals surface area contributed by atoms with Gasteiger partial charge in [0.1, 0.15) is 0 Å². The first-order valence-electron chi connectivity index (χ1n) is 9.57. The van der Waals surface area contributed by atoms with Crippen LogP contribution in [-0.2, 0) is 4.79 Å². The van der Waals surface area contributed by atoms with Crippen LogP contribution >= 0.6 is 11.8 Å². The molecule has 1 aromatic carbocycles. The Morgan fingerprint density at radius 3 is 2.38 bits per heavy atom. The van der Waals surface area contributed by atoms with E-state index in [0.29, 0.717) is 24.4 Å². The summed E-state index contributed by atoms with van der Waals surface area (Å²) in [4.78, 5) is 13.7. The van der Waals surface area contributed by atoms with Crippen LogP contribution in [0.4, 0.5) is 5.69 Å². The number of hydrogen-bond acceptors (Lipinski definition) is 3. The van der Waals surface area contributed by atoms with Crippen LogP contribution in [-0.4, -0.2) is 23.2 Å². The van der Waals surface area contributed by atoms with Gasteiger partial charge in [-0.1, -0.05) is 12.8 Å². The van der Waals surface area contributed by atoms with E-state index in [1.165, 1.54) is 56.3 Å². The molecular formula is C20H28N2OS. The first-order valence-corrected chi connectivity index (χ1v) is 10.5. The van der Waals surface area contributed by atoms with Crippen LogP contribution in [0, 0.1) is 5.92 Å². The van der Waals surface area contributed by atoms with Crippen molar-refractivity contribution in [3.63, 3.8) is 0 Å². The number of fused-ring (bicyclic) bond motifs is 2. The van der Waals surface area contributed by atoms with Gasteiger partial charge in [-0.3, -0.25) is 4.79 Å². The Morgan fingerprint density at radius 1 is 1.04 bits per heavy atom. The second-order valence-corrected chi connectivity index (χ2v) is 9.15. The Labute approximate surface area is 149 Å². The fourth-order valence-electron chi connectivity index (χ4n) is 4.63. The monoisotopic (exact) mass is 344 g/mol. The van der Waals surface area contributed by atoms with E-state index in [2.05, 4.69) is 34.9 Å². The molecule has 2 saturated heterocycles. The van der Waals surface area contributed by atoms with Gasteiger partial charge in [0.2, 0.25) is 5.91 Å². The number of anilines is 1. The molecule has 2 bridgehead atoms. The second-order valence-electron chi connectivity index (χ2n) is 7.78. The van der Waals surface area contributed by atoms with Crippen molar-refractivity contribution in [2.75, 3.05) is 5.32 Å². The highest BCUT2D eigenvalue weighted by atomic mass is 32.2. The van der Waals surface area contributed by atoms with Crippen molar-refractivity contribution in [2.24, 2.45) is 5.92 Å². The quantitative estimate of drug-likeness (QED) is 0.821. The minimum atomic E-state index is 0.178. The lowest BCUT2D eigenvalue weighted by molar-refractivity contribution is -0.117. The van der Waals surface area contributed by atoms with Crippen molar-refractivity contribution in [3.05, 3.63) is 24.3 Å². The van der Waals surface area contributed by atoms with Crippen molar-refractivity contribution >= 4 is 23.4 Å². The van der Waals surface area contributed by atoms with Crippen molar-refractivity contribution in [2.45, 2.75) is 80.0 Å². The largest absolute Gasteiger partial charge is 0.326 e. The number of thioether (sulfide) groups is 1. The van der Waals surface area contributed by atoms with Gasteiger partial charge in [0.15, 0.2) is 0 Å². The molecule has 2 atom stereocenters. The van der Waals surface area contributed by atoms with E-state index in [0.717, 1.165) is 10.9 Å². The molecule has 4 rings (SSSR count). The van der Waals surface area contributed by atoms with Gasteiger partial charge in [0.05, 0.1) is 0 Å².